The number of hydrogen-bond acceptors (Lipinski definition) is 6. The maximum absolute atomic E-state index is 13.1. The van der Waals surface area contributed by atoms with Gasteiger partial charge in [0.15, 0.2) is 0 Å². The predicted molar refractivity (Wildman–Crippen MR) is 106 cm³/mol. The highest BCUT2D eigenvalue weighted by molar-refractivity contribution is 5.53. The Morgan fingerprint density at radius 3 is 2.43 bits per heavy atom. The highest BCUT2D eigenvalue weighted by Gasteiger charge is 2.22. The molecule has 0 unspecified atom stereocenters. The monoisotopic (exact) mass is 381 g/mol. The summed E-state index contributed by atoms with van der Waals surface area (Å²) in [5, 5.41) is 0. The summed E-state index contributed by atoms with van der Waals surface area (Å²) >= 11 is 0. The fourth-order valence-corrected chi connectivity index (χ4v) is 3.44. The molecule has 1 aliphatic rings. The van der Waals surface area contributed by atoms with Crippen molar-refractivity contribution in [1.82, 2.24) is 19.9 Å². The first-order valence-corrected chi connectivity index (χ1v) is 9.49. The van der Waals surface area contributed by atoms with Crippen LogP contribution in [0.15, 0.2) is 34.9 Å². The van der Waals surface area contributed by atoms with Gasteiger partial charge in [0, 0.05) is 44.5 Å². The highest BCUT2D eigenvalue weighted by Crippen LogP contribution is 2.24. The Morgan fingerprint density at radius 1 is 1.00 bits per heavy atom. The van der Waals surface area contributed by atoms with E-state index in [4.69, 9.17) is 4.42 Å². The molecule has 2 aromatic heterocycles. The van der Waals surface area contributed by atoms with Gasteiger partial charge in [0.1, 0.15) is 17.4 Å². The third-order valence-corrected chi connectivity index (χ3v) is 5.08. The van der Waals surface area contributed by atoms with Gasteiger partial charge in [-0.3, -0.25) is 9.88 Å². The lowest BCUT2D eigenvalue weighted by Gasteiger charge is -2.35. The van der Waals surface area contributed by atoms with Gasteiger partial charge >= 0.3 is 0 Å². The molecule has 0 bridgehead atoms. The van der Waals surface area contributed by atoms with E-state index >= 15 is 0 Å². The van der Waals surface area contributed by atoms with Crippen LogP contribution in [0.3, 0.4) is 0 Å². The molecule has 0 spiro atoms. The number of benzene rings is 1. The first kappa shape index (κ1) is 18.6. The molecule has 146 valence electrons. The number of halogens is 1. The molecule has 0 radical (unpaired) electrons. The Balaban J connectivity index is 1.41. The number of anilines is 1. The summed E-state index contributed by atoms with van der Waals surface area (Å²) in [5.41, 5.74) is 3.62. The number of rotatable bonds is 4. The van der Waals surface area contributed by atoms with Gasteiger partial charge in [0.2, 0.25) is 5.89 Å². The molecule has 4 rings (SSSR count). The minimum absolute atomic E-state index is 0.265. The quantitative estimate of drug-likeness (QED) is 0.689. The highest BCUT2D eigenvalue weighted by atomic mass is 19.1. The Bertz CT molecular complexity index is 961. The van der Waals surface area contributed by atoms with Crippen molar-refractivity contribution in [2.75, 3.05) is 31.1 Å². The number of hydrogen-bond donors (Lipinski definition) is 0. The van der Waals surface area contributed by atoms with Gasteiger partial charge in [0.05, 0.1) is 17.1 Å². The molecule has 3 heterocycles. The second-order valence-electron chi connectivity index (χ2n) is 7.21. The van der Waals surface area contributed by atoms with Crippen molar-refractivity contribution in [2.45, 2.75) is 27.3 Å². The van der Waals surface area contributed by atoms with Crippen molar-refractivity contribution in [3.8, 4) is 11.5 Å². The van der Waals surface area contributed by atoms with Crippen molar-refractivity contribution in [3.05, 3.63) is 59.1 Å². The van der Waals surface area contributed by atoms with Crippen LogP contribution < -0.4 is 4.90 Å². The fraction of sp³-hybridized carbons (Fsp3) is 0.381. The summed E-state index contributed by atoms with van der Waals surface area (Å²) in [6.45, 7) is 10.3. The second kappa shape index (κ2) is 7.67. The number of oxazole rings is 1. The van der Waals surface area contributed by atoms with Crippen molar-refractivity contribution >= 4 is 5.82 Å². The van der Waals surface area contributed by atoms with E-state index in [2.05, 4.69) is 24.8 Å². The molecule has 0 saturated carbocycles. The molecule has 1 aromatic carbocycles. The Kier molecular flexibility index (Phi) is 5.09. The smallest absolute Gasteiger partial charge is 0.226 e. The van der Waals surface area contributed by atoms with Crippen LogP contribution in [0.1, 0.15) is 22.8 Å². The molecule has 1 aliphatic heterocycles. The zero-order chi connectivity index (χ0) is 19.7. The van der Waals surface area contributed by atoms with E-state index in [1.165, 1.54) is 12.1 Å². The van der Waals surface area contributed by atoms with Gasteiger partial charge < -0.3 is 9.32 Å². The molecule has 28 heavy (non-hydrogen) atoms. The molecule has 0 N–H and O–H groups in total. The molecule has 0 amide bonds. The summed E-state index contributed by atoms with van der Waals surface area (Å²) in [6.07, 6.45) is 1.81. The van der Waals surface area contributed by atoms with Crippen molar-refractivity contribution < 1.29 is 8.81 Å². The summed E-state index contributed by atoms with van der Waals surface area (Å²) in [5.74, 6) is 2.06. The minimum Gasteiger partial charge on any atom is -0.441 e. The third kappa shape index (κ3) is 3.89. The van der Waals surface area contributed by atoms with Crippen molar-refractivity contribution in [3.63, 3.8) is 0 Å². The number of nitrogens with zero attached hydrogens (tertiary/aromatic N) is 5. The van der Waals surface area contributed by atoms with Gasteiger partial charge in [0.25, 0.3) is 0 Å². The zero-order valence-electron chi connectivity index (χ0n) is 16.4. The normalized spacial score (nSPS) is 15.2. The lowest BCUT2D eigenvalue weighted by molar-refractivity contribution is 0.245. The van der Waals surface area contributed by atoms with Crippen molar-refractivity contribution in [2.24, 2.45) is 0 Å². The van der Waals surface area contributed by atoms with Crippen LogP contribution in [0.5, 0.6) is 0 Å². The number of aryl methyl sites for hydroxylation is 3. The first-order chi connectivity index (χ1) is 13.5. The zero-order valence-corrected chi connectivity index (χ0v) is 16.4. The van der Waals surface area contributed by atoms with Gasteiger partial charge in [-0.1, -0.05) is 0 Å². The predicted octanol–water partition coefficient (Wildman–Crippen LogP) is 3.52. The van der Waals surface area contributed by atoms with Crippen LogP contribution in [0.25, 0.3) is 11.5 Å². The first-order valence-electron chi connectivity index (χ1n) is 9.49. The molecule has 6 nitrogen and oxygen atoms in total. The molecular weight excluding hydrogens is 357 g/mol. The third-order valence-electron chi connectivity index (χ3n) is 5.08. The Morgan fingerprint density at radius 2 is 1.71 bits per heavy atom. The Hall–Kier alpha value is -2.80. The lowest BCUT2D eigenvalue weighted by Crippen LogP contribution is -2.46. The Labute approximate surface area is 164 Å². The van der Waals surface area contributed by atoms with Crippen LogP contribution in [0.4, 0.5) is 10.2 Å². The summed E-state index contributed by atoms with van der Waals surface area (Å²) in [4.78, 5) is 18.4. The molecule has 0 aliphatic carbocycles. The molecule has 3 aromatic rings. The summed E-state index contributed by atoms with van der Waals surface area (Å²) < 4.78 is 18.9. The lowest BCUT2D eigenvalue weighted by atomic mass is 10.2. The van der Waals surface area contributed by atoms with E-state index in [1.807, 2.05) is 20.8 Å². The van der Waals surface area contributed by atoms with E-state index < -0.39 is 0 Å². The molecule has 0 atom stereocenters. The maximum atomic E-state index is 13.1. The van der Waals surface area contributed by atoms with E-state index in [0.717, 1.165) is 66.9 Å². The SMILES string of the molecule is Cc1cnc(C)c(N2CCN(Cc3nc(-c4ccc(F)cc4)oc3C)CC2)n1. The average molecular weight is 381 g/mol. The van der Waals surface area contributed by atoms with Crippen LogP contribution in [-0.4, -0.2) is 46.0 Å². The molecule has 1 saturated heterocycles. The number of aromatic nitrogens is 3. The van der Waals surface area contributed by atoms with Gasteiger partial charge in [-0.15, -0.1) is 0 Å². The molecule has 1 fully saturated rings. The fourth-order valence-electron chi connectivity index (χ4n) is 3.44. The summed E-state index contributed by atoms with van der Waals surface area (Å²) in [6, 6.07) is 6.22. The second-order valence-corrected chi connectivity index (χ2v) is 7.21. The minimum atomic E-state index is -0.265. The summed E-state index contributed by atoms with van der Waals surface area (Å²) in [7, 11) is 0. The number of piperazine rings is 1. The largest absolute Gasteiger partial charge is 0.441 e. The standard InChI is InChI=1S/C21H24FN5O/c1-14-12-23-15(2)20(24-14)27-10-8-26(9-11-27)13-19-16(3)28-21(25-19)17-4-6-18(22)7-5-17/h4-7,12H,8-11,13H2,1-3H3. The average Bonchev–Trinajstić information content (AvgIpc) is 3.05. The van der Waals surface area contributed by atoms with E-state index in [1.54, 1.807) is 18.3 Å². The van der Waals surface area contributed by atoms with E-state index in [0.29, 0.717) is 5.89 Å². The van der Waals surface area contributed by atoms with Gasteiger partial charge in [-0.05, 0) is 45.0 Å². The maximum Gasteiger partial charge on any atom is 0.226 e. The van der Waals surface area contributed by atoms with Gasteiger partial charge in [-0.25, -0.2) is 14.4 Å². The molecular formula is C21H24FN5O. The van der Waals surface area contributed by atoms with E-state index in [-0.39, 0.29) is 5.82 Å². The van der Waals surface area contributed by atoms with Crippen LogP contribution >= 0.6 is 0 Å². The van der Waals surface area contributed by atoms with Crippen LogP contribution in [0, 0.1) is 26.6 Å². The van der Waals surface area contributed by atoms with E-state index in [9.17, 15) is 4.39 Å². The molecule has 7 heteroatoms. The van der Waals surface area contributed by atoms with Crippen LogP contribution in [0.2, 0.25) is 0 Å². The van der Waals surface area contributed by atoms with Gasteiger partial charge in [-0.2, -0.15) is 0 Å². The van der Waals surface area contributed by atoms with Crippen LogP contribution in [-0.2, 0) is 6.54 Å². The van der Waals surface area contributed by atoms with Crippen molar-refractivity contribution in [1.29, 1.82) is 0 Å². The topological polar surface area (TPSA) is 58.3 Å².